The smallest absolute Gasteiger partial charge is 0.416 e. The normalized spacial score (nSPS) is 12.6. The molecule has 0 radical (unpaired) electrons. The molecule has 0 N–H and O–H groups in total. The molecule has 0 saturated carbocycles. The van der Waals surface area contributed by atoms with Gasteiger partial charge in [0.2, 0.25) is 10.0 Å². The predicted octanol–water partition coefficient (Wildman–Crippen LogP) is 4.79. The molecule has 3 aromatic rings. The second-order valence-corrected chi connectivity index (χ2v) is 8.74. The van der Waals surface area contributed by atoms with Crippen LogP contribution in [0.15, 0.2) is 69.5 Å². The van der Waals surface area contributed by atoms with Gasteiger partial charge in [-0.1, -0.05) is 6.07 Å². The van der Waals surface area contributed by atoms with Crippen LogP contribution in [0.3, 0.4) is 0 Å². The Balaban J connectivity index is 1.86. The quantitative estimate of drug-likeness (QED) is 0.557. The molecule has 27 heavy (non-hydrogen) atoms. The maximum atomic E-state index is 13.0. The van der Waals surface area contributed by atoms with Gasteiger partial charge in [0.15, 0.2) is 0 Å². The van der Waals surface area contributed by atoms with Gasteiger partial charge < -0.3 is 4.42 Å². The van der Waals surface area contributed by atoms with E-state index in [1.165, 1.54) is 21.9 Å². The lowest BCUT2D eigenvalue weighted by molar-refractivity contribution is -0.137. The summed E-state index contributed by atoms with van der Waals surface area (Å²) in [6, 6.07) is 10.6. The van der Waals surface area contributed by atoms with Gasteiger partial charge in [0.05, 0.1) is 23.3 Å². The summed E-state index contributed by atoms with van der Waals surface area (Å²) in [5.41, 5.74) is -0.891. The first-order valence-corrected chi connectivity index (χ1v) is 10.3. The molecule has 0 aliphatic rings. The van der Waals surface area contributed by atoms with Crippen LogP contribution < -0.4 is 0 Å². The Labute approximate surface area is 158 Å². The van der Waals surface area contributed by atoms with Crippen LogP contribution in [0.2, 0.25) is 0 Å². The first kappa shape index (κ1) is 19.7. The molecule has 0 bridgehead atoms. The van der Waals surface area contributed by atoms with Crippen LogP contribution in [0.25, 0.3) is 0 Å². The lowest BCUT2D eigenvalue weighted by atomic mass is 10.2. The average molecular weight is 415 g/mol. The van der Waals surface area contributed by atoms with E-state index in [9.17, 15) is 21.6 Å². The number of furan rings is 1. The highest BCUT2D eigenvalue weighted by atomic mass is 32.2. The average Bonchev–Trinajstić information content (AvgIpc) is 3.31. The Kier molecular flexibility index (Phi) is 5.73. The van der Waals surface area contributed by atoms with Gasteiger partial charge >= 0.3 is 6.18 Å². The summed E-state index contributed by atoms with van der Waals surface area (Å²) < 4.78 is 70.6. The predicted molar refractivity (Wildman–Crippen MR) is 95.8 cm³/mol. The molecule has 0 aliphatic heterocycles. The Morgan fingerprint density at radius 3 is 2.33 bits per heavy atom. The summed E-state index contributed by atoms with van der Waals surface area (Å²) in [5, 5.41) is 1.90. The molecule has 0 atom stereocenters. The molecule has 0 fully saturated rings. The van der Waals surface area contributed by atoms with Crippen LogP contribution in [-0.2, 0) is 29.2 Å². The number of hydrogen-bond acceptors (Lipinski definition) is 4. The van der Waals surface area contributed by atoms with Crippen molar-refractivity contribution in [1.82, 2.24) is 4.31 Å². The fourth-order valence-electron chi connectivity index (χ4n) is 2.52. The van der Waals surface area contributed by atoms with Crippen molar-refractivity contribution in [3.05, 3.63) is 76.4 Å². The van der Waals surface area contributed by atoms with Crippen LogP contribution in [0.1, 0.15) is 16.2 Å². The van der Waals surface area contributed by atoms with E-state index in [1.807, 2.05) is 17.5 Å². The summed E-state index contributed by atoms with van der Waals surface area (Å²) in [4.78, 5) is 0.829. The third-order valence-corrected chi connectivity index (χ3v) is 6.71. The van der Waals surface area contributed by atoms with Crippen molar-refractivity contribution in [3.8, 4) is 0 Å². The molecule has 4 nitrogen and oxygen atoms in total. The van der Waals surface area contributed by atoms with Crippen molar-refractivity contribution in [2.24, 2.45) is 0 Å². The first-order chi connectivity index (χ1) is 12.8. The van der Waals surface area contributed by atoms with Crippen LogP contribution in [0.5, 0.6) is 0 Å². The molecule has 144 valence electrons. The largest absolute Gasteiger partial charge is 0.468 e. The molecule has 1 aromatic carbocycles. The summed E-state index contributed by atoms with van der Waals surface area (Å²) in [5.74, 6) is 0.455. The Bertz CT molecular complexity index is 948. The number of nitrogens with zero attached hydrogens (tertiary/aromatic N) is 1. The topological polar surface area (TPSA) is 50.5 Å². The van der Waals surface area contributed by atoms with E-state index in [1.54, 1.807) is 12.1 Å². The number of alkyl halides is 3. The minimum atomic E-state index is -4.52. The van der Waals surface area contributed by atoms with Gasteiger partial charge in [-0.05, 0) is 54.3 Å². The van der Waals surface area contributed by atoms with Crippen molar-refractivity contribution in [2.75, 3.05) is 6.54 Å². The van der Waals surface area contributed by atoms with Crippen LogP contribution >= 0.6 is 11.3 Å². The monoisotopic (exact) mass is 415 g/mol. The molecular formula is C18H16F3NO3S2. The van der Waals surface area contributed by atoms with Crippen LogP contribution in [0, 0.1) is 0 Å². The molecule has 3 rings (SSSR count). The zero-order chi connectivity index (χ0) is 19.5. The molecule has 0 aliphatic carbocycles. The summed E-state index contributed by atoms with van der Waals surface area (Å²) in [6.07, 6.45) is -2.58. The molecule has 0 unspecified atom stereocenters. The highest BCUT2D eigenvalue weighted by Crippen LogP contribution is 2.30. The van der Waals surface area contributed by atoms with Crippen LogP contribution in [0.4, 0.5) is 13.2 Å². The van der Waals surface area contributed by atoms with Gasteiger partial charge in [0.25, 0.3) is 0 Å². The minimum absolute atomic E-state index is 0.00172. The Morgan fingerprint density at radius 1 is 1.04 bits per heavy atom. The van der Waals surface area contributed by atoms with E-state index in [0.717, 1.165) is 29.1 Å². The number of rotatable bonds is 7. The van der Waals surface area contributed by atoms with Gasteiger partial charge in [-0.25, -0.2) is 8.42 Å². The fourth-order valence-corrected chi connectivity index (χ4v) is 4.62. The highest BCUT2D eigenvalue weighted by Gasteiger charge is 2.31. The Morgan fingerprint density at radius 2 is 1.78 bits per heavy atom. The van der Waals surface area contributed by atoms with Gasteiger partial charge in [-0.2, -0.15) is 17.5 Å². The zero-order valence-corrected chi connectivity index (χ0v) is 15.7. The summed E-state index contributed by atoms with van der Waals surface area (Å²) >= 11 is 1.51. The van der Waals surface area contributed by atoms with E-state index in [2.05, 4.69) is 0 Å². The lowest BCUT2D eigenvalue weighted by Gasteiger charge is -2.21. The molecule has 0 saturated heterocycles. The third-order valence-electron chi connectivity index (χ3n) is 3.92. The van der Waals surface area contributed by atoms with Crippen molar-refractivity contribution >= 4 is 21.4 Å². The van der Waals surface area contributed by atoms with E-state index in [-0.39, 0.29) is 18.0 Å². The zero-order valence-electron chi connectivity index (χ0n) is 14.0. The van der Waals surface area contributed by atoms with Crippen molar-refractivity contribution in [2.45, 2.75) is 24.0 Å². The fraction of sp³-hybridized carbons (Fsp3) is 0.222. The SMILES string of the molecule is O=S(=O)(c1ccc(C(F)(F)F)cc1)N(CCc1cccs1)Cc1ccco1. The van der Waals surface area contributed by atoms with Crippen molar-refractivity contribution in [1.29, 1.82) is 0 Å². The molecule has 0 spiro atoms. The molecule has 2 heterocycles. The maximum Gasteiger partial charge on any atom is 0.416 e. The van der Waals surface area contributed by atoms with Gasteiger partial charge in [-0.3, -0.25) is 0 Å². The van der Waals surface area contributed by atoms with E-state index >= 15 is 0 Å². The molecular weight excluding hydrogens is 399 g/mol. The standard InChI is InChI=1S/C18H16F3NO3S2/c19-18(20,21)14-5-7-17(8-6-14)27(23,24)22(13-15-3-1-11-25-15)10-9-16-4-2-12-26-16/h1-8,11-12H,9-10,13H2. The number of hydrogen-bond donors (Lipinski definition) is 0. The summed E-state index contributed by atoms with van der Waals surface area (Å²) in [7, 11) is -3.98. The third kappa shape index (κ3) is 4.79. The van der Waals surface area contributed by atoms with Gasteiger partial charge in [0.1, 0.15) is 5.76 Å². The van der Waals surface area contributed by atoms with Gasteiger partial charge in [0, 0.05) is 11.4 Å². The van der Waals surface area contributed by atoms with E-state index in [4.69, 9.17) is 4.42 Å². The first-order valence-electron chi connectivity index (χ1n) is 7.99. The number of thiophene rings is 1. The molecule has 0 amide bonds. The van der Waals surface area contributed by atoms with Crippen molar-refractivity contribution in [3.63, 3.8) is 0 Å². The number of sulfonamides is 1. The Hall–Kier alpha value is -2.10. The van der Waals surface area contributed by atoms with Gasteiger partial charge in [-0.15, -0.1) is 11.3 Å². The van der Waals surface area contributed by atoms with E-state index in [0.29, 0.717) is 12.2 Å². The second-order valence-electron chi connectivity index (χ2n) is 5.77. The number of benzene rings is 1. The number of halogens is 3. The second kappa shape index (κ2) is 7.87. The highest BCUT2D eigenvalue weighted by molar-refractivity contribution is 7.89. The van der Waals surface area contributed by atoms with Crippen molar-refractivity contribution < 1.29 is 26.0 Å². The molecule has 2 aromatic heterocycles. The summed E-state index contributed by atoms with van der Waals surface area (Å²) in [6.45, 7) is 0.187. The minimum Gasteiger partial charge on any atom is -0.468 e. The molecule has 9 heteroatoms. The van der Waals surface area contributed by atoms with E-state index < -0.39 is 21.8 Å². The van der Waals surface area contributed by atoms with Crippen LogP contribution in [-0.4, -0.2) is 19.3 Å². The maximum absolute atomic E-state index is 13.0. The lowest BCUT2D eigenvalue weighted by Crippen LogP contribution is -2.32.